The molecule has 0 saturated carbocycles. The lowest BCUT2D eigenvalue weighted by atomic mass is 10.1. The molecule has 5 nitrogen and oxygen atoms in total. The number of aliphatic imine (C=N–C) groups is 1. The summed E-state index contributed by atoms with van der Waals surface area (Å²) in [6.45, 7) is 6.64. The molecule has 2 aromatic carbocycles. The van der Waals surface area contributed by atoms with E-state index >= 15 is 0 Å². The molecule has 0 fully saturated rings. The number of methoxy groups -OCH3 is 1. The maximum absolute atomic E-state index is 13.7. The van der Waals surface area contributed by atoms with Crippen molar-refractivity contribution in [3.63, 3.8) is 0 Å². The van der Waals surface area contributed by atoms with Crippen LogP contribution in [0.3, 0.4) is 0 Å². The van der Waals surface area contributed by atoms with E-state index in [-0.39, 0.29) is 12.4 Å². The minimum atomic E-state index is -0.262. The number of benzene rings is 2. The third-order valence-electron chi connectivity index (χ3n) is 3.89. The van der Waals surface area contributed by atoms with Gasteiger partial charge in [0.15, 0.2) is 5.96 Å². The Kier molecular flexibility index (Phi) is 8.58. The van der Waals surface area contributed by atoms with E-state index in [2.05, 4.69) is 15.6 Å². The van der Waals surface area contributed by atoms with Crippen molar-refractivity contribution in [3.8, 4) is 5.75 Å². The predicted molar refractivity (Wildman–Crippen MR) is 106 cm³/mol. The van der Waals surface area contributed by atoms with Gasteiger partial charge in [0.2, 0.25) is 0 Å². The molecule has 0 aliphatic rings. The van der Waals surface area contributed by atoms with Crippen LogP contribution in [0.25, 0.3) is 0 Å². The van der Waals surface area contributed by atoms with E-state index in [1.807, 2.05) is 38.1 Å². The number of nitrogens with zero attached hydrogens (tertiary/aromatic N) is 1. The molecule has 0 amide bonds. The van der Waals surface area contributed by atoms with Crippen LogP contribution in [0.1, 0.15) is 30.5 Å². The Bertz CT molecular complexity index is 750. The van der Waals surface area contributed by atoms with Crippen LogP contribution in [0.4, 0.5) is 4.39 Å². The number of ether oxygens (including phenoxy) is 2. The SMILES string of the molecule is CCNC(=NCc1ccc(F)c(COC)c1)NCc1ccccc1OCC. The van der Waals surface area contributed by atoms with Crippen molar-refractivity contribution in [1.29, 1.82) is 0 Å². The molecule has 2 rings (SSSR count). The Hall–Kier alpha value is -2.60. The van der Waals surface area contributed by atoms with Gasteiger partial charge in [0.05, 0.1) is 19.8 Å². The van der Waals surface area contributed by atoms with Crippen molar-refractivity contribution in [3.05, 3.63) is 65.0 Å². The van der Waals surface area contributed by atoms with Gasteiger partial charge < -0.3 is 20.1 Å². The quantitative estimate of drug-likeness (QED) is 0.521. The van der Waals surface area contributed by atoms with Crippen molar-refractivity contribution in [2.75, 3.05) is 20.3 Å². The molecule has 0 radical (unpaired) electrons. The van der Waals surface area contributed by atoms with Gasteiger partial charge in [-0.3, -0.25) is 0 Å². The van der Waals surface area contributed by atoms with Crippen molar-refractivity contribution in [2.24, 2.45) is 4.99 Å². The molecule has 0 aliphatic carbocycles. The molecule has 0 aliphatic heterocycles. The highest BCUT2D eigenvalue weighted by Crippen LogP contribution is 2.17. The molecule has 0 bridgehead atoms. The number of hydrogen-bond donors (Lipinski definition) is 2. The molecule has 2 N–H and O–H groups in total. The van der Waals surface area contributed by atoms with Crippen molar-refractivity contribution in [1.82, 2.24) is 10.6 Å². The average Bonchev–Trinajstić information content (AvgIpc) is 2.68. The minimum Gasteiger partial charge on any atom is -0.494 e. The second-order valence-corrected chi connectivity index (χ2v) is 5.95. The molecule has 2 aromatic rings. The van der Waals surface area contributed by atoms with E-state index in [1.165, 1.54) is 6.07 Å². The number of halogens is 1. The lowest BCUT2D eigenvalue weighted by Crippen LogP contribution is -2.36. The fourth-order valence-corrected chi connectivity index (χ4v) is 2.63. The minimum absolute atomic E-state index is 0.246. The first kappa shape index (κ1) is 20.7. The van der Waals surface area contributed by atoms with Crippen LogP contribution in [0.5, 0.6) is 5.75 Å². The van der Waals surface area contributed by atoms with Crippen LogP contribution < -0.4 is 15.4 Å². The summed E-state index contributed by atoms with van der Waals surface area (Å²) in [6.07, 6.45) is 0. The molecule has 0 saturated heterocycles. The zero-order valence-electron chi connectivity index (χ0n) is 16.2. The van der Waals surface area contributed by atoms with Gasteiger partial charge in [0.1, 0.15) is 11.6 Å². The number of hydrogen-bond acceptors (Lipinski definition) is 3. The molecule has 27 heavy (non-hydrogen) atoms. The van der Waals surface area contributed by atoms with Crippen LogP contribution >= 0.6 is 0 Å². The van der Waals surface area contributed by atoms with Crippen molar-refractivity contribution in [2.45, 2.75) is 33.5 Å². The highest BCUT2D eigenvalue weighted by molar-refractivity contribution is 5.79. The summed E-state index contributed by atoms with van der Waals surface area (Å²) >= 11 is 0. The van der Waals surface area contributed by atoms with Gasteiger partial charge >= 0.3 is 0 Å². The van der Waals surface area contributed by atoms with Gasteiger partial charge in [-0.1, -0.05) is 24.3 Å². The van der Waals surface area contributed by atoms with Gasteiger partial charge in [0, 0.05) is 31.3 Å². The number of nitrogens with one attached hydrogen (secondary N) is 2. The van der Waals surface area contributed by atoms with Crippen LogP contribution in [0.15, 0.2) is 47.5 Å². The summed E-state index contributed by atoms with van der Waals surface area (Å²) in [5.74, 6) is 1.30. The largest absolute Gasteiger partial charge is 0.494 e. The Balaban J connectivity index is 2.05. The number of rotatable bonds is 9. The zero-order chi connectivity index (χ0) is 19.5. The van der Waals surface area contributed by atoms with Gasteiger partial charge in [-0.25, -0.2) is 9.38 Å². The first-order chi connectivity index (χ1) is 13.2. The molecular formula is C21H28FN3O2. The maximum atomic E-state index is 13.7. The highest BCUT2D eigenvalue weighted by Gasteiger charge is 2.06. The van der Waals surface area contributed by atoms with E-state index in [0.717, 1.165) is 23.4 Å². The third kappa shape index (κ3) is 6.57. The highest BCUT2D eigenvalue weighted by atomic mass is 19.1. The third-order valence-corrected chi connectivity index (χ3v) is 3.89. The summed E-state index contributed by atoms with van der Waals surface area (Å²) in [4.78, 5) is 4.60. The lowest BCUT2D eigenvalue weighted by Gasteiger charge is -2.14. The maximum Gasteiger partial charge on any atom is 0.191 e. The van der Waals surface area contributed by atoms with Crippen LogP contribution in [0.2, 0.25) is 0 Å². The smallest absolute Gasteiger partial charge is 0.191 e. The molecule has 0 atom stereocenters. The van der Waals surface area contributed by atoms with Gasteiger partial charge in [-0.15, -0.1) is 0 Å². The summed E-state index contributed by atoms with van der Waals surface area (Å²) in [5.41, 5.74) is 2.53. The Morgan fingerprint density at radius 2 is 1.89 bits per heavy atom. The van der Waals surface area contributed by atoms with Crippen molar-refractivity contribution >= 4 is 5.96 Å². The zero-order valence-corrected chi connectivity index (χ0v) is 16.2. The fourth-order valence-electron chi connectivity index (χ4n) is 2.63. The van der Waals surface area contributed by atoms with Crippen molar-refractivity contribution < 1.29 is 13.9 Å². The molecular weight excluding hydrogens is 345 g/mol. The Labute approximate surface area is 160 Å². The Morgan fingerprint density at radius 1 is 1.07 bits per heavy atom. The molecule has 146 valence electrons. The predicted octanol–water partition coefficient (Wildman–Crippen LogP) is 3.63. The molecule has 0 heterocycles. The summed E-state index contributed by atoms with van der Waals surface area (Å²) < 4.78 is 24.4. The first-order valence-electron chi connectivity index (χ1n) is 9.17. The van der Waals surface area contributed by atoms with E-state index in [4.69, 9.17) is 9.47 Å². The van der Waals surface area contributed by atoms with E-state index < -0.39 is 0 Å². The Morgan fingerprint density at radius 3 is 2.63 bits per heavy atom. The lowest BCUT2D eigenvalue weighted by molar-refractivity contribution is 0.181. The summed E-state index contributed by atoms with van der Waals surface area (Å²) in [5, 5.41) is 6.54. The number of guanidine groups is 1. The summed E-state index contributed by atoms with van der Waals surface area (Å²) in [7, 11) is 1.55. The molecule has 0 aromatic heterocycles. The average molecular weight is 373 g/mol. The van der Waals surface area contributed by atoms with Crippen LogP contribution in [-0.2, 0) is 24.4 Å². The van der Waals surface area contributed by atoms with Crippen LogP contribution in [0, 0.1) is 5.82 Å². The summed E-state index contributed by atoms with van der Waals surface area (Å²) in [6, 6.07) is 12.9. The normalized spacial score (nSPS) is 11.3. The second kappa shape index (κ2) is 11.2. The standard InChI is InChI=1S/C21H28FN3O2/c1-4-23-21(25-14-17-8-6-7-9-20(17)27-5-2)24-13-16-10-11-19(22)18(12-16)15-26-3/h6-12H,4-5,13-15H2,1-3H3,(H2,23,24,25). The van der Waals surface area contributed by atoms with E-state index in [9.17, 15) is 4.39 Å². The van der Waals surface area contributed by atoms with Gasteiger partial charge in [-0.05, 0) is 37.6 Å². The fraction of sp³-hybridized carbons (Fsp3) is 0.381. The van der Waals surface area contributed by atoms with E-state index in [1.54, 1.807) is 19.2 Å². The first-order valence-corrected chi connectivity index (χ1v) is 9.17. The van der Waals surface area contributed by atoms with E-state index in [0.29, 0.717) is 31.2 Å². The van der Waals surface area contributed by atoms with Gasteiger partial charge in [0.25, 0.3) is 0 Å². The second-order valence-electron chi connectivity index (χ2n) is 5.95. The monoisotopic (exact) mass is 373 g/mol. The van der Waals surface area contributed by atoms with Gasteiger partial charge in [-0.2, -0.15) is 0 Å². The molecule has 6 heteroatoms. The number of para-hydroxylation sites is 1. The topological polar surface area (TPSA) is 54.9 Å². The van der Waals surface area contributed by atoms with Crippen LogP contribution in [-0.4, -0.2) is 26.2 Å². The molecule has 0 spiro atoms. The molecule has 0 unspecified atom stereocenters.